The maximum absolute atomic E-state index is 12.8. The lowest BCUT2D eigenvalue weighted by molar-refractivity contribution is 0.0746. The number of para-hydroxylation sites is 2. The number of rotatable bonds is 6. The Kier molecular flexibility index (Phi) is 8.47. The van der Waals surface area contributed by atoms with Gasteiger partial charge in [0.25, 0.3) is 11.8 Å². The maximum atomic E-state index is 12.8. The van der Waals surface area contributed by atoms with Crippen molar-refractivity contribution in [2.24, 2.45) is 0 Å². The highest BCUT2D eigenvalue weighted by Gasteiger charge is 2.24. The molecular weight excluding hydrogens is 512 g/mol. The predicted octanol–water partition coefficient (Wildman–Crippen LogP) is 4.45. The van der Waals surface area contributed by atoms with Crippen LogP contribution in [-0.4, -0.2) is 62.2 Å². The fourth-order valence-electron chi connectivity index (χ4n) is 4.09. The van der Waals surface area contributed by atoms with Crippen molar-refractivity contribution in [3.05, 3.63) is 82.9 Å². The normalized spacial score (nSPS) is 13.1. The van der Waals surface area contributed by atoms with Crippen LogP contribution < -0.4 is 25.0 Å². The number of carbonyl (C=O) groups excluding carboxylic acids is 2. The number of hydrogen-bond acceptors (Lipinski definition) is 6. The lowest BCUT2D eigenvalue weighted by atomic mass is 10.1. The van der Waals surface area contributed by atoms with Gasteiger partial charge in [0.15, 0.2) is 16.6 Å². The molecule has 0 saturated carbocycles. The lowest BCUT2D eigenvalue weighted by Gasteiger charge is -2.37. The average Bonchev–Trinajstić information content (AvgIpc) is 2.93. The molecule has 1 aliphatic rings. The number of nitrogens with one attached hydrogen (secondary N) is 2. The van der Waals surface area contributed by atoms with Crippen molar-refractivity contribution in [1.29, 1.82) is 0 Å². The van der Waals surface area contributed by atoms with Gasteiger partial charge in [-0.05, 0) is 66.8 Å². The van der Waals surface area contributed by atoms with E-state index in [0.29, 0.717) is 53.8 Å². The molecule has 1 heterocycles. The molecule has 3 aromatic carbocycles. The summed E-state index contributed by atoms with van der Waals surface area (Å²) in [6.45, 7) is 2.47. The summed E-state index contributed by atoms with van der Waals surface area (Å²) in [5.41, 5.74) is 2.70. The molecular formula is C27H27ClN4O4S. The number of anilines is 2. The Morgan fingerprint density at radius 3 is 2.19 bits per heavy atom. The molecule has 1 aliphatic heterocycles. The van der Waals surface area contributed by atoms with Crippen LogP contribution in [-0.2, 0) is 0 Å². The molecule has 0 aliphatic carbocycles. The number of thiocarbonyl (C=S) groups is 1. The third-order valence-corrected chi connectivity index (χ3v) is 6.48. The van der Waals surface area contributed by atoms with Crippen molar-refractivity contribution in [2.75, 3.05) is 50.6 Å². The Balaban J connectivity index is 1.38. The number of benzene rings is 3. The van der Waals surface area contributed by atoms with Gasteiger partial charge < -0.3 is 24.6 Å². The second kappa shape index (κ2) is 11.9. The first-order valence-electron chi connectivity index (χ1n) is 11.6. The van der Waals surface area contributed by atoms with E-state index < -0.39 is 0 Å². The quantitative estimate of drug-likeness (QED) is 0.449. The van der Waals surface area contributed by atoms with Crippen molar-refractivity contribution >= 4 is 52.1 Å². The molecule has 37 heavy (non-hydrogen) atoms. The highest BCUT2D eigenvalue weighted by Crippen LogP contribution is 2.28. The number of methoxy groups -OCH3 is 2. The molecule has 192 valence electrons. The monoisotopic (exact) mass is 538 g/mol. The van der Waals surface area contributed by atoms with Gasteiger partial charge in [-0.1, -0.05) is 23.7 Å². The van der Waals surface area contributed by atoms with Crippen molar-refractivity contribution in [1.82, 2.24) is 10.2 Å². The van der Waals surface area contributed by atoms with E-state index in [-0.39, 0.29) is 16.9 Å². The lowest BCUT2D eigenvalue weighted by Crippen LogP contribution is -2.49. The van der Waals surface area contributed by atoms with Gasteiger partial charge in [-0.25, -0.2) is 0 Å². The SMILES string of the molecule is COc1ccc(C(=O)NC(=S)Nc2ccccc2N2CCN(C(=O)c3ccc(Cl)cc3)CC2)cc1OC. The zero-order valence-electron chi connectivity index (χ0n) is 20.5. The fraction of sp³-hybridized carbons (Fsp3) is 0.222. The molecule has 0 spiro atoms. The molecule has 3 aromatic rings. The molecule has 2 amide bonds. The molecule has 0 bridgehead atoms. The minimum Gasteiger partial charge on any atom is -0.493 e. The van der Waals surface area contributed by atoms with Crippen molar-refractivity contribution in [3.63, 3.8) is 0 Å². The third-order valence-electron chi connectivity index (χ3n) is 6.02. The van der Waals surface area contributed by atoms with Gasteiger partial charge in [0.2, 0.25) is 0 Å². The van der Waals surface area contributed by atoms with Gasteiger partial charge in [-0.2, -0.15) is 0 Å². The van der Waals surface area contributed by atoms with E-state index in [2.05, 4.69) is 15.5 Å². The van der Waals surface area contributed by atoms with Crippen LogP contribution in [0.4, 0.5) is 11.4 Å². The van der Waals surface area contributed by atoms with E-state index in [0.717, 1.165) is 11.4 Å². The van der Waals surface area contributed by atoms with E-state index in [4.69, 9.17) is 33.3 Å². The molecule has 0 atom stereocenters. The highest BCUT2D eigenvalue weighted by atomic mass is 35.5. The van der Waals surface area contributed by atoms with Crippen LogP contribution in [0, 0.1) is 0 Å². The summed E-state index contributed by atoms with van der Waals surface area (Å²) in [4.78, 5) is 29.6. The van der Waals surface area contributed by atoms with Gasteiger partial charge in [-0.15, -0.1) is 0 Å². The number of halogens is 1. The first-order chi connectivity index (χ1) is 17.9. The highest BCUT2D eigenvalue weighted by molar-refractivity contribution is 7.80. The minimum absolute atomic E-state index is 0.0122. The van der Waals surface area contributed by atoms with Crippen molar-refractivity contribution < 1.29 is 19.1 Å². The number of hydrogen-bond donors (Lipinski definition) is 2. The first kappa shape index (κ1) is 26.2. The van der Waals surface area contributed by atoms with Crippen molar-refractivity contribution in [2.45, 2.75) is 0 Å². The molecule has 0 radical (unpaired) electrons. The summed E-state index contributed by atoms with van der Waals surface area (Å²) in [7, 11) is 3.04. The molecule has 8 nitrogen and oxygen atoms in total. The van der Waals surface area contributed by atoms with Gasteiger partial charge in [0, 0.05) is 42.3 Å². The summed E-state index contributed by atoms with van der Waals surface area (Å²) in [6, 6.07) is 19.5. The van der Waals surface area contributed by atoms with E-state index in [1.807, 2.05) is 29.2 Å². The zero-order valence-corrected chi connectivity index (χ0v) is 22.1. The van der Waals surface area contributed by atoms with E-state index >= 15 is 0 Å². The smallest absolute Gasteiger partial charge is 0.257 e. The molecule has 10 heteroatoms. The summed E-state index contributed by atoms with van der Waals surface area (Å²) in [5, 5.41) is 6.62. The van der Waals surface area contributed by atoms with E-state index in [1.54, 1.807) is 42.5 Å². The summed E-state index contributed by atoms with van der Waals surface area (Å²) < 4.78 is 10.5. The molecule has 1 saturated heterocycles. The molecule has 0 aromatic heterocycles. The van der Waals surface area contributed by atoms with Crippen LogP contribution in [0.25, 0.3) is 0 Å². The number of amides is 2. The second-order valence-corrected chi connectivity index (χ2v) is 9.13. The Labute approximate surface area is 226 Å². The molecule has 2 N–H and O–H groups in total. The van der Waals surface area contributed by atoms with E-state index in [9.17, 15) is 9.59 Å². The Bertz CT molecular complexity index is 1290. The van der Waals surface area contributed by atoms with E-state index in [1.165, 1.54) is 14.2 Å². The van der Waals surface area contributed by atoms with Crippen LogP contribution in [0.5, 0.6) is 11.5 Å². The topological polar surface area (TPSA) is 83.1 Å². The fourth-order valence-corrected chi connectivity index (χ4v) is 4.42. The summed E-state index contributed by atoms with van der Waals surface area (Å²) >= 11 is 11.4. The van der Waals surface area contributed by atoms with Gasteiger partial charge in [-0.3, -0.25) is 14.9 Å². The molecule has 0 unspecified atom stereocenters. The number of ether oxygens (including phenoxy) is 2. The third kappa shape index (κ3) is 6.31. The first-order valence-corrected chi connectivity index (χ1v) is 12.4. The molecule has 1 fully saturated rings. The van der Waals surface area contributed by atoms with Crippen LogP contribution in [0.15, 0.2) is 66.7 Å². The largest absolute Gasteiger partial charge is 0.493 e. The average molecular weight is 539 g/mol. The van der Waals surface area contributed by atoms with Crippen LogP contribution in [0.2, 0.25) is 5.02 Å². The Morgan fingerprint density at radius 1 is 0.865 bits per heavy atom. The number of nitrogens with zero attached hydrogens (tertiary/aromatic N) is 2. The molecule has 4 rings (SSSR count). The minimum atomic E-state index is -0.370. The van der Waals surface area contributed by atoms with Crippen LogP contribution >= 0.6 is 23.8 Å². The number of piperazine rings is 1. The maximum Gasteiger partial charge on any atom is 0.257 e. The van der Waals surface area contributed by atoms with Crippen LogP contribution in [0.1, 0.15) is 20.7 Å². The van der Waals surface area contributed by atoms with Gasteiger partial charge in [0.05, 0.1) is 25.6 Å². The number of carbonyl (C=O) groups is 2. The Hall–Kier alpha value is -3.82. The van der Waals surface area contributed by atoms with Gasteiger partial charge >= 0.3 is 0 Å². The van der Waals surface area contributed by atoms with Crippen LogP contribution in [0.3, 0.4) is 0 Å². The predicted molar refractivity (Wildman–Crippen MR) is 149 cm³/mol. The zero-order chi connectivity index (χ0) is 26.4. The summed E-state index contributed by atoms with van der Waals surface area (Å²) in [5.74, 6) is 0.601. The second-order valence-electron chi connectivity index (χ2n) is 8.28. The summed E-state index contributed by atoms with van der Waals surface area (Å²) in [6.07, 6.45) is 0. The Morgan fingerprint density at radius 2 is 1.51 bits per heavy atom. The van der Waals surface area contributed by atoms with Crippen molar-refractivity contribution in [3.8, 4) is 11.5 Å². The van der Waals surface area contributed by atoms with Gasteiger partial charge in [0.1, 0.15) is 0 Å². The standard InChI is InChI=1S/C27H27ClN4O4S/c1-35-23-12-9-19(17-24(23)36-2)25(33)30-27(37)29-21-5-3-4-6-22(21)31-13-15-32(16-14-31)26(34)18-7-10-20(28)11-8-18/h3-12,17H,13-16H2,1-2H3,(H2,29,30,33,37).